The molecule has 0 radical (unpaired) electrons. The maximum Gasteiger partial charge on any atom is 0.151 e. The predicted octanol–water partition coefficient (Wildman–Crippen LogP) is 1.75. The first-order chi connectivity index (χ1) is 7.68. The Labute approximate surface area is 104 Å². The van der Waals surface area contributed by atoms with Gasteiger partial charge in [-0.1, -0.05) is 0 Å². The Bertz CT molecular complexity index is 364. The minimum absolute atomic E-state index is 0.791. The van der Waals surface area contributed by atoms with Gasteiger partial charge in [0.2, 0.25) is 0 Å². The highest BCUT2D eigenvalue weighted by atomic mass is 79.9. The SMILES string of the molecule is CN(C)c1ncc(Br)cc1N1CCOCC1. The molecule has 0 aromatic carbocycles. The van der Waals surface area contributed by atoms with Crippen LogP contribution in [0, 0.1) is 0 Å². The lowest BCUT2D eigenvalue weighted by atomic mass is 10.3. The molecule has 4 nitrogen and oxygen atoms in total. The average molecular weight is 286 g/mol. The van der Waals surface area contributed by atoms with E-state index in [1.54, 1.807) is 0 Å². The monoisotopic (exact) mass is 285 g/mol. The molecule has 0 amide bonds. The lowest BCUT2D eigenvalue weighted by Gasteiger charge is -2.31. The van der Waals surface area contributed by atoms with E-state index >= 15 is 0 Å². The number of hydrogen-bond acceptors (Lipinski definition) is 4. The van der Waals surface area contributed by atoms with Gasteiger partial charge in [0.1, 0.15) is 0 Å². The molecule has 1 aliphatic rings. The van der Waals surface area contributed by atoms with Gasteiger partial charge in [0.25, 0.3) is 0 Å². The highest BCUT2D eigenvalue weighted by Gasteiger charge is 2.17. The van der Waals surface area contributed by atoms with Crippen molar-refractivity contribution in [1.29, 1.82) is 0 Å². The van der Waals surface area contributed by atoms with Crippen molar-refractivity contribution in [2.75, 3.05) is 50.2 Å². The van der Waals surface area contributed by atoms with Crippen LogP contribution in [0.15, 0.2) is 16.7 Å². The van der Waals surface area contributed by atoms with Crippen LogP contribution in [0.2, 0.25) is 0 Å². The Hall–Kier alpha value is -0.810. The molecule has 1 fully saturated rings. The number of rotatable bonds is 2. The lowest BCUT2D eigenvalue weighted by Crippen LogP contribution is -2.37. The van der Waals surface area contributed by atoms with Crippen LogP contribution in [-0.4, -0.2) is 45.4 Å². The van der Waals surface area contributed by atoms with Gasteiger partial charge in [-0.25, -0.2) is 4.98 Å². The molecular formula is C11H16BrN3O. The predicted molar refractivity (Wildman–Crippen MR) is 69.3 cm³/mol. The molecule has 0 unspecified atom stereocenters. The van der Waals surface area contributed by atoms with Crippen molar-refractivity contribution in [3.8, 4) is 0 Å². The topological polar surface area (TPSA) is 28.6 Å². The van der Waals surface area contributed by atoms with Gasteiger partial charge < -0.3 is 14.5 Å². The first-order valence-electron chi connectivity index (χ1n) is 5.34. The van der Waals surface area contributed by atoms with Crippen LogP contribution in [0.1, 0.15) is 0 Å². The van der Waals surface area contributed by atoms with E-state index in [0.717, 1.165) is 36.6 Å². The molecule has 2 rings (SSSR count). The number of anilines is 2. The molecular weight excluding hydrogens is 270 g/mol. The van der Waals surface area contributed by atoms with E-state index in [-0.39, 0.29) is 0 Å². The van der Waals surface area contributed by atoms with Gasteiger partial charge in [-0.15, -0.1) is 0 Å². The maximum atomic E-state index is 5.36. The second-order valence-electron chi connectivity index (χ2n) is 3.99. The van der Waals surface area contributed by atoms with Crippen LogP contribution >= 0.6 is 15.9 Å². The smallest absolute Gasteiger partial charge is 0.151 e. The van der Waals surface area contributed by atoms with Crippen LogP contribution in [0.4, 0.5) is 11.5 Å². The van der Waals surface area contributed by atoms with E-state index in [1.807, 2.05) is 25.2 Å². The van der Waals surface area contributed by atoms with Crippen LogP contribution in [0.5, 0.6) is 0 Å². The molecule has 2 heterocycles. The summed E-state index contributed by atoms with van der Waals surface area (Å²) in [6.07, 6.45) is 1.83. The van der Waals surface area contributed by atoms with Gasteiger partial charge in [-0.05, 0) is 22.0 Å². The minimum atomic E-state index is 0.791. The first-order valence-corrected chi connectivity index (χ1v) is 6.13. The molecule has 1 aromatic rings. The fourth-order valence-corrected chi connectivity index (χ4v) is 2.12. The zero-order chi connectivity index (χ0) is 11.5. The molecule has 0 atom stereocenters. The van der Waals surface area contributed by atoms with Crippen molar-refractivity contribution in [1.82, 2.24) is 4.98 Å². The number of pyridine rings is 1. The molecule has 0 N–H and O–H groups in total. The number of aromatic nitrogens is 1. The van der Waals surface area contributed by atoms with Gasteiger partial charge in [0.15, 0.2) is 5.82 Å². The van der Waals surface area contributed by atoms with Gasteiger partial charge in [0, 0.05) is 37.9 Å². The third-order valence-electron chi connectivity index (χ3n) is 2.59. The second kappa shape index (κ2) is 5.01. The zero-order valence-corrected chi connectivity index (χ0v) is 11.2. The van der Waals surface area contributed by atoms with Crippen molar-refractivity contribution in [3.05, 3.63) is 16.7 Å². The standard InChI is InChI=1S/C11H16BrN3O/c1-14(2)11-10(7-9(12)8-13-11)15-3-5-16-6-4-15/h7-8H,3-6H2,1-2H3. The van der Waals surface area contributed by atoms with Crippen LogP contribution in [0.3, 0.4) is 0 Å². The Morgan fingerprint density at radius 2 is 2.06 bits per heavy atom. The summed E-state index contributed by atoms with van der Waals surface area (Å²) in [5, 5.41) is 0. The summed E-state index contributed by atoms with van der Waals surface area (Å²) in [5.74, 6) is 1.00. The van der Waals surface area contributed by atoms with E-state index in [4.69, 9.17) is 4.74 Å². The van der Waals surface area contributed by atoms with Crippen molar-refractivity contribution in [2.24, 2.45) is 0 Å². The zero-order valence-electron chi connectivity index (χ0n) is 9.61. The van der Waals surface area contributed by atoms with E-state index < -0.39 is 0 Å². The molecule has 0 spiro atoms. The number of morpholine rings is 1. The quantitative estimate of drug-likeness (QED) is 0.828. The van der Waals surface area contributed by atoms with E-state index in [0.29, 0.717) is 0 Å². The van der Waals surface area contributed by atoms with E-state index in [9.17, 15) is 0 Å². The summed E-state index contributed by atoms with van der Waals surface area (Å²) in [6, 6.07) is 2.12. The van der Waals surface area contributed by atoms with Crippen LogP contribution < -0.4 is 9.80 Å². The number of nitrogens with zero attached hydrogens (tertiary/aromatic N) is 3. The summed E-state index contributed by atoms with van der Waals surface area (Å²) in [4.78, 5) is 8.80. The van der Waals surface area contributed by atoms with Gasteiger partial charge >= 0.3 is 0 Å². The fraction of sp³-hybridized carbons (Fsp3) is 0.545. The Morgan fingerprint density at radius 1 is 1.38 bits per heavy atom. The minimum Gasteiger partial charge on any atom is -0.378 e. The molecule has 1 aromatic heterocycles. The Balaban J connectivity index is 2.32. The summed E-state index contributed by atoms with van der Waals surface area (Å²) in [5.41, 5.74) is 1.17. The van der Waals surface area contributed by atoms with Crippen molar-refractivity contribution in [2.45, 2.75) is 0 Å². The van der Waals surface area contributed by atoms with E-state index in [1.165, 1.54) is 5.69 Å². The molecule has 1 saturated heterocycles. The third-order valence-corrected chi connectivity index (χ3v) is 3.02. The van der Waals surface area contributed by atoms with Crippen molar-refractivity contribution >= 4 is 27.4 Å². The molecule has 0 bridgehead atoms. The largest absolute Gasteiger partial charge is 0.378 e. The first kappa shape index (κ1) is 11.7. The number of ether oxygens (including phenoxy) is 1. The van der Waals surface area contributed by atoms with Crippen molar-refractivity contribution in [3.63, 3.8) is 0 Å². The summed E-state index contributed by atoms with van der Waals surface area (Å²) in [7, 11) is 4.03. The summed E-state index contributed by atoms with van der Waals surface area (Å²) in [6.45, 7) is 3.44. The average Bonchev–Trinajstić information content (AvgIpc) is 2.29. The molecule has 16 heavy (non-hydrogen) atoms. The molecule has 0 saturated carbocycles. The fourth-order valence-electron chi connectivity index (χ4n) is 1.80. The van der Waals surface area contributed by atoms with Crippen molar-refractivity contribution < 1.29 is 4.74 Å². The lowest BCUT2D eigenvalue weighted by molar-refractivity contribution is 0.122. The summed E-state index contributed by atoms with van der Waals surface area (Å²) >= 11 is 3.47. The number of halogens is 1. The van der Waals surface area contributed by atoms with Gasteiger partial charge in [0.05, 0.1) is 18.9 Å². The summed E-state index contributed by atoms with van der Waals surface area (Å²) < 4.78 is 6.38. The highest BCUT2D eigenvalue weighted by molar-refractivity contribution is 9.10. The molecule has 0 aliphatic carbocycles. The van der Waals surface area contributed by atoms with Crippen LogP contribution in [-0.2, 0) is 4.74 Å². The maximum absolute atomic E-state index is 5.36. The molecule has 88 valence electrons. The Kier molecular flexibility index (Phi) is 3.66. The van der Waals surface area contributed by atoms with Gasteiger partial charge in [-0.2, -0.15) is 0 Å². The molecule has 1 aliphatic heterocycles. The Morgan fingerprint density at radius 3 is 2.69 bits per heavy atom. The second-order valence-corrected chi connectivity index (χ2v) is 4.91. The normalized spacial score (nSPS) is 16.3. The number of hydrogen-bond donors (Lipinski definition) is 0. The van der Waals surface area contributed by atoms with E-state index in [2.05, 4.69) is 31.9 Å². The highest BCUT2D eigenvalue weighted by Crippen LogP contribution is 2.29. The van der Waals surface area contributed by atoms with Gasteiger partial charge in [-0.3, -0.25) is 0 Å². The van der Waals surface area contributed by atoms with Crippen LogP contribution in [0.25, 0.3) is 0 Å². The molecule has 5 heteroatoms. The third kappa shape index (κ3) is 2.47.